The van der Waals surface area contributed by atoms with Crippen molar-refractivity contribution in [1.82, 2.24) is 5.32 Å². The van der Waals surface area contributed by atoms with Gasteiger partial charge < -0.3 is 11.1 Å². The number of carbonyl (C=O) groups is 1. The molecule has 0 heterocycles. The number of halogens is 1. The van der Waals surface area contributed by atoms with E-state index in [1.165, 1.54) is 12.1 Å². The van der Waals surface area contributed by atoms with Gasteiger partial charge in [0, 0.05) is 23.4 Å². The zero-order chi connectivity index (χ0) is 15.4. The smallest absolute Gasteiger partial charge is 0.251 e. The number of nitrogens with zero attached hydrogens (tertiary/aromatic N) is 1. The number of hydrogen-bond acceptors (Lipinski definition) is 3. The summed E-state index contributed by atoms with van der Waals surface area (Å²) < 4.78 is 13.6. The third kappa shape index (κ3) is 3.37. The summed E-state index contributed by atoms with van der Waals surface area (Å²) in [4.78, 5) is 12.0. The molecule has 1 amide bonds. The van der Waals surface area contributed by atoms with E-state index >= 15 is 0 Å². The summed E-state index contributed by atoms with van der Waals surface area (Å²) in [6, 6.07) is 11.5. The van der Waals surface area contributed by atoms with Gasteiger partial charge in [-0.15, -0.1) is 0 Å². The Balaban J connectivity index is 2.06. The molecule has 0 radical (unpaired) electrons. The van der Waals surface area contributed by atoms with Crippen LogP contribution in [0.5, 0.6) is 0 Å². The third-order valence-electron chi connectivity index (χ3n) is 3.18. The Bertz CT molecular complexity index is 694. The lowest BCUT2D eigenvalue weighted by atomic mass is 10.1. The van der Waals surface area contributed by atoms with Gasteiger partial charge in [-0.05, 0) is 36.8 Å². The molecule has 2 aromatic rings. The van der Waals surface area contributed by atoms with Crippen molar-refractivity contribution >= 4 is 11.6 Å². The predicted octanol–water partition coefficient (Wildman–Crippen LogP) is 2.52. The first-order valence-corrected chi connectivity index (χ1v) is 6.34. The molecular weight excluding hydrogens is 269 g/mol. The minimum atomic E-state index is -0.501. The highest BCUT2D eigenvalue weighted by Crippen LogP contribution is 2.17. The molecule has 2 rings (SSSR count). The van der Waals surface area contributed by atoms with Crippen LogP contribution in [0.4, 0.5) is 10.1 Å². The average molecular weight is 283 g/mol. The summed E-state index contributed by atoms with van der Waals surface area (Å²) >= 11 is 0. The van der Waals surface area contributed by atoms with Crippen LogP contribution in [0, 0.1) is 24.1 Å². The van der Waals surface area contributed by atoms with Crippen LogP contribution < -0.4 is 11.1 Å². The van der Waals surface area contributed by atoms with Crippen molar-refractivity contribution in [2.45, 2.75) is 13.5 Å². The monoisotopic (exact) mass is 283 g/mol. The summed E-state index contributed by atoms with van der Waals surface area (Å²) in [5.74, 6) is -0.900. The van der Waals surface area contributed by atoms with E-state index < -0.39 is 11.7 Å². The van der Waals surface area contributed by atoms with E-state index in [1.54, 1.807) is 31.2 Å². The maximum atomic E-state index is 13.6. The van der Waals surface area contributed by atoms with Crippen LogP contribution in [-0.2, 0) is 6.54 Å². The molecule has 0 unspecified atom stereocenters. The number of nitrogen functional groups attached to an aromatic ring is 1. The van der Waals surface area contributed by atoms with Crippen molar-refractivity contribution < 1.29 is 9.18 Å². The number of rotatable bonds is 3. The normalized spacial score (nSPS) is 9.95. The van der Waals surface area contributed by atoms with Crippen LogP contribution in [0.25, 0.3) is 0 Å². The topological polar surface area (TPSA) is 78.9 Å². The van der Waals surface area contributed by atoms with Crippen molar-refractivity contribution in [3.63, 3.8) is 0 Å². The summed E-state index contributed by atoms with van der Waals surface area (Å²) in [6.07, 6.45) is 0. The predicted molar refractivity (Wildman–Crippen MR) is 77.9 cm³/mol. The van der Waals surface area contributed by atoms with Gasteiger partial charge in [-0.2, -0.15) is 5.26 Å². The van der Waals surface area contributed by atoms with Gasteiger partial charge in [0.15, 0.2) is 0 Å². The van der Waals surface area contributed by atoms with Crippen LogP contribution in [0.3, 0.4) is 0 Å². The maximum Gasteiger partial charge on any atom is 0.251 e. The average Bonchev–Trinajstić information content (AvgIpc) is 2.50. The van der Waals surface area contributed by atoms with Gasteiger partial charge in [0.2, 0.25) is 0 Å². The Hall–Kier alpha value is -2.87. The van der Waals surface area contributed by atoms with E-state index in [1.807, 2.05) is 6.07 Å². The molecule has 0 bridgehead atoms. The number of hydrogen-bond donors (Lipinski definition) is 2. The standard InChI is InChI=1S/C16H14FN3O/c1-10-14(17)6-13(7-15(10)19)16(21)20-9-12-4-2-11(8-18)3-5-12/h2-7H,9,19H2,1H3,(H,20,21). The van der Waals surface area contributed by atoms with Gasteiger partial charge in [0.1, 0.15) is 5.82 Å². The van der Waals surface area contributed by atoms with Gasteiger partial charge in [0.05, 0.1) is 11.6 Å². The quantitative estimate of drug-likeness (QED) is 0.849. The second-order valence-electron chi connectivity index (χ2n) is 4.66. The Morgan fingerprint density at radius 2 is 2.00 bits per heavy atom. The summed E-state index contributed by atoms with van der Waals surface area (Å²) in [5, 5.41) is 11.4. The molecule has 0 aromatic heterocycles. The lowest BCUT2D eigenvalue weighted by Crippen LogP contribution is -2.23. The summed E-state index contributed by atoms with van der Waals surface area (Å²) in [5.41, 5.74) is 7.82. The zero-order valence-electron chi connectivity index (χ0n) is 11.5. The molecule has 5 heteroatoms. The minimum absolute atomic E-state index is 0.184. The molecule has 0 saturated carbocycles. The van der Waals surface area contributed by atoms with Gasteiger partial charge in [-0.25, -0.2) is 4.39 Å². The number of benzene rings is 2. The van der Waals surface area contributed by atoms with Crippen molar-refractivity contribution in [1.29, 1.82) is 5.26 Å². The minimum Gasteiger partial charge on any atom is -0.398 e. The van der Waals surface area contributed by atoms with Crippen molar-refractivity contribution in [2.24, 2.45) is 0 Å². The highest BCUT2D eigenvalue weighted by Gasteiger charge is 2.10. The Morgan fingerprint density at radius 3 is 2.57 bits per heavy atom. The van der Waals surface area contributed by atoms with E-state index in [2.05, 4.69) is 5.32 Å². The molecule has 4 nitrogen and oxygen atoms in total. The molecular formula is C16H14FN3O. The lowest BCUT2D eigenvalue weighted by molar-refractivity contribution is 0.0950. The van der Waals surface area contributed by atoms with E-state index in [4.69, 9.17) is 11.0 Å². The third-order valence-corrected chi connectivity index (χ3v) is 3.18. The maximum absolute atomic E-state index is 13.6. The molecule has 0 saturated heterocycles. The fourth-order valence-electron chi connectivity index (χ4n) is 1.81. The van der Waals surface area contributed by atoms with Gasteiger partial charge in [0.25, 0.3) is 5.91 Å². The van der Waals surface area contributed by atoms with Gasteiger partial charge >= 0.3 is 0 Å². The molecule has 0 spiro atoms. The number of carbonyl (C=O) groups excluding carboxylic acids is 1. The number of nitrogens with one attached hydrogen (secondary N) is 1. The molecule has 0 aliphatic rings. The van der Waals surface area contributed by atoms with E-state index in [9.17, 15) is 9.18 Å². The number of nitrogens with two attached hydrogens (primary N) is 1. The largest absolute Gasteiger partial charge is 0.398 e. The first-order chi connectivity index (χ1) is 10.0. The first kappa shape index (κ1) is 14.5. The summed E-state index contributed by atoms with van der Waals surface area (Å²) in [7, 11) is 0. The Morgan fingerprint density at radius 1 is 1.33 bits per heavy atom. The SMILES string of the molecule is Cc1c(N)cc(C(=O)NCc2ccc(C#N)cc2)cc1F. The fraction of sp³-hybridized carbons (Fsp3) is 0.125. The fourth-order valence-corrected chi connectivity index (χ4v) is 1.81. The zero-order valence-corrected chi connectivity index (χ0v) is 11.5. The van der Waals surface area contributed by atoms with Crippen molar-refractivity contribution in [3.8, 4) is 6.07 Å². The van der Waals surface area contributed by atoms with E-state index in [0.29, 0.717) is 17.7 Å². The molecule has 2 aromatic carbocycles. The molecule has 0 aliphatic heterocycles. The van der Waals surface area contributed by atoms with Gasteiger partial charge in [-0.1, -0.05) is 12.1 Å². The second kappa shape index (κ2) is 6.06. The van der Waals surface area contributed by atoms with Crippen LogP contribution in [0.1, 0.15) is 27.0 Å². The molecule has 3 N–H and O–H groups in total. The van der Waals surface area contributed by atoms with Crippen LogP contribution in [0.15, 0.2) is 36.4 Å². The molecule has 21 heavy (non-hydrogen) atoms. The first-order valence-electron chi connectivity index (χ1n) is 6.34. The Labute approximate surface area is 122 Å². The van der Waals surface area contributed by atoms with Crippen LogP contribution in [0.2, 0.25) is 0 Å². The van der Waals surface area contributed by atoms with Gasteiger partial charge in [-0.3, -0.25) is 4.79 Å². The molecule has 0 atom stereocenters. The molecule has 0 aliphatic carbocycles. The van der Waals surface area contributed by atoms with Crippen molar-refractivity contribution in [3.05, 3.63) is 64.5 Å². The number of nitriles is 1. The highest BCUT2D eigenvalue weighted by atomic mass is 19.1. The second-order valence-corrected chi connectivity index (χ2v) is 4.66. The van der Waals surface area contributed by atoms with Crippen LogP contribution in [-0.4, -0.2) is 5.91 Å². The molecule has 106 valence electrons. The van der Waals surface area contributed by atoms with E-state index in [0.717, 1.165) is 5.56 Å². The molecule has 0 fully saturated rings. The van der Waals surface area contributed by atoms with Crippen LogP contribution >= 0.6 is 0 Å². The summed E-state index contributed by atoms with van der Waals surface area (Å²) in [6.45, 7) is 1.85. The number of amides is 1. The lowest BCUT2D eigenvalue weighted by Gasteiger charge is -2.08. The number of anilines is 1. The van der Waals surface area contributed by atoms with Crippen molar-refractivity contribution in [2.75, 3.05) is 5.73 Å². The van der Waals surface area contributed by atoms with E-state index in [-0.39, 0.29) is 11.3 Å². The Kier molecular flexibility index (Phi) is 4.19. The highest BCUT2D eigenvalue weighted by molar-refractivity contribution is 5.95.